The van der Waals surface area contributed by atoms with Crippen molar-refractivity contribution in [2.24, 2.45) is 5.92 Å². The van der Waals surface area contributed by atoms with Crippen LogP contribution in [-0.2, 0) is 0 Å². The van der Waals surface area contributed by atoms with Crippen LogP contribution in [0.2, 0.25) is 0 Å². The van der Waals surface area contributed by atoms with Gasteiger partial charge in [-0.05, 0) is 24.1 Å². The predicted octanol–water partition coefficient (Wildman–Crippen LogP) is 4.19. The van der Waals surface area contributed by atoms with Crippen LogP contribution < -0.4 is 0 Å². The van der Waals surface area contributed by atoms with Crippen LogP contribution in [0.3, 0.4) is 0 Å². The molecule has 0 saturated heterocycles. The van der Waals surface area contributed by atoms with Gasteiger partial charge in [0.2, 0.25) is 0 Å². The molecule has 1 aromatic heterocycles. The van der Waals surface area contributed by atoms with Crippen molar-refractivity contribution in [1.82, 2.24) is 4.98 Å². The second kappa shape index (κ2) is 5.50. The molecule has 0 spiro atoms. The number of benzene rings is 1. The lowest BCUT2D eigenvalue weighted by molar-refractivity contribution is 0.0952. The molecular weight excluding hydrogens is 248 g/mol. The first-order valence-corrected chi connectivity index (χ1v) is 7.32. The van der Waals surface area contributed by atoms with Crippen molar-refractivity contribution in [3.63, 3.8) is 0 Å². The van der Waals surface area contributed by atoms with Gasteiger partial charge >= 0.3 is 0 Å². The van der Waals surface area contributed by atoms with E-state index in [4.69, 9.17) is 5.26 Å². The SMILES string of the molecule is N#Cc1ccc2[nH]cc(C(=O)CC3CCCCC3)c2c1. The summed E-state index contributed by atoms with van der Waals surface area (Å²) in [5, 5.41) is 9.86. The zero-order chi connectivity index (χ0) is 13.9. The van der Waals surface area contributed by atoms with Crippen LogP contribution in [0.4, 0.5) is 0 Å². The summed E-state index contributed by atoms with van der Waals surface area (Å²) in [6.07, 6.45) is 8.61. The van der Waals surface area contributed by atoms with E-state index in [0.29, 0.717) is 17.9 Å². The van der Waals surface area contributed by atoms with Gasteiger partial charge in [0, 0.05) is 29.1 Å². The summed E-state index contributed by atoms with van der Waals surface area (Å²) in [4.78, 5) is 15.6. The average Bonchev–Trinajstić information content (AvgIpc) is 2.91. The standard InChI is InChI=1S/C17H18N2O/c18-10-13-6-7-16-14(8-13)15(11-19-16)17(20)9-12-4-2-1-3-5-12/h6-8,11-12,19H,1-5,9H2. The summed E-state index contributed by atoms with van der Waals surface area (Å²) in [6.45, 7) is 0. The summed E-state index contributed by atoms with van der Waals surface area (Å²) in [6, 6.07) is 7.58. The third-order valence-electron chi connectivity index (χ3n) is 4.31. The number of nitrogens with zero attached hydrogens (tertiary/aromatic N) is 1. The first-order chi connectivity index (χ1) is 9.78. The number of rotatable bonds is 3. The van der Waals surface area contributed by atoms with Gasteiger partial charge in [-0.15, -0.1) is 0 Å². The van der Waals surface area contributed by atoms with Crippen LogP contribution >= 0.6 is 0 Å². The molecule has 20 heavy (non-hydrogen) atoms. The molecule has 0 amide bonds. The maximum Gasteiger partial charge on any atom is 0.165 e. The van der Waals surface area contributed by atoms with Crippen LogP contribution in [0.25, 0.3) is 10.9 Å². The van der Waals surface area contributed by atoms with Crippen LogP contribution in [0.5, 0.6) is 0 Å². The molecule has 2 aromatic rings. The molecule has 3 heteroatoms. The van der Waals surface area contributed by atoms with Crippen molar-refractivity contribution in [2.45, 2.75) is 38.5 Å². The number of carbonyl (C=O) groups excluding carboxylic acids is 1. The monoisotopic (exact) mass is 266 g/mol. The number of aromatic nitrogens is 1. The van der Waals surface area contributed by atoms with E-state index in [2.05, 4.69) is 11.1 Å². The predicted molar refractivity (Wildman–Crippen MR) is 78.5 cm³/mol. The van der Waals surface area contributed by atoms with Crippen molar-refractivity contribution in [1.29, 1.82) is 5.26 Å². The summed E-state index contributed by atoms with van der Waals surface area (Å²) in [5.74, 6) is 0.749. The second-order valence-corrected chi connectivity index (χ2v) is 5.71. The molecule has 1 aromatic carbocycles. The highest BCUT2D eigenvalue weighted by Gasteiger charge is 2.20. The third-order valence-corrected chi connectivity index (χ3v) is 4.31. The number of H-pyrrole nitrogens is 1. The molecule has 0 radical (unpaired) electrons. The fraction of sp³-hybridized carbons (Fsp3) is 0.412. The number of hydrogen-bond donors (Lipinski definition) is 1. The molecular formula is C17H18N2O. The fourth-order valence-electron chi connectivity index (χ4n) is 3.18. The number of aromatic amines is 1. The summed E-state index contributed by atoms with van der Waals surface area (Å²) < 4.78 is 0. The normalized spacial score (nSPS) is 16.1. The number of hydrogen-bond acceptors (Lipinski definition) is 2. The molecule has 3 nitrogen and oxygen atoms in total. The van der Waals surface area contributed by atoms with Crippen molar-refractivity contribution in [3.05, 3.63) is 35.5 Å². The lowest BCUT2D eigenvalue weighted by Crippen LogP contribution is -2.12. The number of fused-ring (bicyclic) bond motifs is 1. The molecule has 0 aliphatic heterocycles. The van der Waals surface area contributed by atoms with E-state index in [0.717, 1.165) is 16.5 Å². The Labute approximate surface area is 118 Å². The number of ketones is 1. The molecule has 0 bridgehead atoms. The Hall–Kier alpha value is -2.08. The van der Waals surface area contributed by atoms with E-state index in [9.17, 15) is 4.79 Å². The molecule has 0 unspecified atom stereocenters. The van der Waals surface area contributed by atoms with Gasteiger partial charge in [0.15, 0.2) is 5.78 Å². The van der Waals surface area contributed by atoms with Gasteiger partial charge in [0.25, 0.3) is 0 Å². The largest absolute Gasteiger partial charge is 0.360 e. The minimum atomic E-state index is 0.207. The number of nitriles is 1. The van der Waals surface area contributed by atoms with Gasteiger partial charge in [-0.1, -0.05) is 32.1 Å². The van der Waals surface area contributed by atoms with E-state index < -0.39 is 0 Å². The smallest absolute Gasteiger partial charge is 0.165 e. The Kier molecular flexibility index (Phi) is 3.56. The number of carbonyl (C=O) groups is 1. The Morgan fingerprint density at radius 1 is 1.30 bits per heavy atom. The molecule has 1 aliphatic carbocycles. The van der Waals surface area contributed by atoms with Gasteiger partial charge in [0.05, 0.1) is 11.6 Å². The van der Waals surface area contributed by atoms with E-state index in [1.165, 1.54) is 32.1 Å². The van der Waals surface area contributed by atoms with Crippen LogP contribution in [0.15, 0.2) is 24.4 Å². The Morgan fingerprint density at radius 3 is 2.85 bits per heavy atom. The molecule has 0 atom stereocenters. The highest BCUT2D eigenvalue weighted by atomic mass is 16.1. The van der Waals surface area contributed by atoms with Crippen LogP contribution in [-0.4, -0.2) is 10.8 Å². The van der Waals surface area contributed by atoms with Gasteiger partial charge in [-0.25, -0.2) is 0 Å². The first kappa shape index (κ1) is 12.9. The topological polar surface area (TPSA) is 56.6 Å². The molecule has 1 saturated carbocycles. The van der Waals surface area contributed by atoms with Gasteiger partial charge < -0.3 is 4.98 Å². The highest BCUT2D eigenvalue weighted by molar-refractivity contribution is 6.08. The average molecular weight is 266 g/mol. The van der Waals surface area contributed by atoms with E-state index >= 15 is 0 Å². The minimum absolute atomic E-state index is 0.207. The lowest BCUT2D eigenvalue weighted by atomic mass is 9.85. The minimum Gasteiger partial charge on any atom is -0.360 e. The van der Waals surface area contributed by atoms with Crippen molar-refractivity contribution in [2.75, 3.05) is 0 Å². The Bertz CT molecular complexity index is 672. The molecule has 1 aliphatic rings. The maximum atomic E-state index is 12.5. The third kappa shape index (κ3) is 2.46. The zero-order valence-electron chi connectivity index (χ0n) is 11.5. The second-order valence-electron chi connectivity index (χ2n) is 5.71. The quantitative estimate of drug-likeness (QED) is 0.847. The fourth-order valence-corrected chi connectivity index (χ4v) is 3.18. The number of Topliss-reactive ketones (excluding diaryl/α,β-unsaturated/α-hetero) is 1. The summed E-state index contributed by atoms with van der Waals surface area (Å²) in [7, 11) is 0. The summed E-state index contributed by atoms with van der Waals surface area (Å²) >= 11 is 0. The highest BCUT2D eigenvalue weighted by Crippen LogP contribution is 2.29. The van der Waals surface area contributed by atoms with Crippen LogP contribution in [0, 0.1) is 17.2 Å². The lowest BCUT2D eigenvalue weighted by Gasteiger charge is -2.20. The molecule has 1 fully saturated rings. The molecule has 3 rings (SSSR count). The molecule has 102 valence electrons. The van der Waals surface area contributed by atoms with Crippen molar-refractivity contribution in [3.8, 4) is 6.07 Å². The van der Waals surface area contributed by atoms with Gasteiger partial charge in [-0.3, -0.25) is 4.79 Å². The number of nitrogens with one attached hydrogen (secondary N) is 1. The zero-order valence-corrected chi connectivity index (χ0v) is 11.5. The van der Waals surface area contributed by atoms with E-state index in [1.807, 2.05) is 6.07 Å². The maximum absolute atomic E-state index is 12.5. The summed E-state index contributed by atoms with van der Waals surface area (Å²) in [5.41, 5.74) is 2.27. The van der Waals surface area contributed by atoms with Gasteiger partial charge in [-0.2, -0.15) is 5.26 Å². The molecule has 1 heterocycles. The van der Waals surface area contributed by atoms with Crippen molar-refractivity contribution >= 4 is 16.7 Å². The Balaban J connectivity index is 1.85. The Morgan fingerprint density at radius 2 is 2.10 bits per heavy atom. The van der Waals surface area contributed by atoms with Crippen LogP contribution in [0.1, 0.15) is 54.4 Å². The van der Waals surface area contributed by atoms with E-state index in [-0.39, 0.29) is 5.78 Å². The molecule has 1 N–H and O–H groups in total. The van der Waals surface area contributed by atoms with Crippen molar-refractivity contribution < 1.29 is 4.79 Å². The van der Waals surface area contributed by atoms with E-state index in [1.54, 1.807) is 18.3 Å². The van der Waals surface area contributed by atoms with Gasteiger partial charge in [0.1, 0.15) is 0 Å². The first-order valence-electron chi connectivity index (χ1n) is 7.32.